The van der Waals surface area contributed by atoms with E-state index in [1.807, 2.05) is 4.90 Å². The molecular formula is C13H17Cl3N2O. The van der Waals surface area contributed by atoms with Crippen LogP contribution in [0.15, 0.2) is 18.2 Å². The SMILES string of the molecule is CC1CN(C(=O)c2cc(Cl)cc(Cl)c2)CC(C)N1.Cl. The minimum Gasteiger partial charge on any atom is -0.336 e. The fraction of sp³-hybridized carbons (Fsp3) is 0.462. The number of benzene rings is 1. The van der Waals surface area contributed by atoms with Crippen molar-refractivity contribution in [1.29, 1.82) is 0 Å². The standard InChI is InChI=1S/C13H16Cl2N2O.ClH/c1-8-6-17(7-9(2)16-8)13(18)10-3-11(14)5-12(15)4-10;/h3-5,8-9,16H,6-7H2,1-2H3;1H. The molecule has 0 aliphatic carbocycles. The normalized spacial score (nSPS) is 22.8. The lowest BCUT2D eigenvalue weighted by Gasteiger charge is -2.36. The van der Waals surface area contributed by atoms with Crippen LogP contribution in [0.25, 0.3) is 0 Å². The Bertz CT molecular complexity index is 437. The number of nitrogens with zero attached hydrogens (tertiary/aromatic N) is 1. The summed E-state index contributed by atoms with van der Waals surface area (Å²) in [6.07, 6.45) is 0. The zero-order valence-electron chi connectivity index (χ0n) is 10.8. The molecule has 1 fully saturated rings. The van der Waals surface area contributed by atoms with Gasteiger partial charge in [-0.1, -0.05) is 23.2 Å². The number of halogens is 3. The molecule has 1 amide bonds. The lowest BCUT2D eigenvalue weighted by atomic mass is 10.1. The fourth-order valence-electron chi connectivity index (χ4n) is 2.35. The Hall–Kier alpha value is -0.480. The van der Waals surface area contributed by atoms with E-state index in [2.05, 4.69) is 19.2 Å². The first kappa shape index (κ1) is 16.6. The lowest BCUT2D eigenvalue weighted by molar-refractivity contribution is 0.0674. The van der Waals surface area contributed by atoms with Gasteiger partial charge >= 0.3 is 0 Å². The number of amides is 1. The summed E-state index contributed by atoms with van der Waals surface area (Å²) in [5.74, 6) is -0.0143. The monoisotopic (exact) mass is 322 g/mol. The largest absolute Gasteiger partial charge is 0.336 e. The molecule has 1 aromatic rings. The molecule has 1 saturated heterocycles. The van der Waals surface area contributed by atoms with E-state index >= 15 is 0 Å². The molecule has 2 rings (SSSR count). The number of carbonyl (C=O) groups excluding carboxylic acids is 1. The van der Waals surface area contributed by atoms with Gasteiger partial charge in [0.25, 0.3) is 5.91 Å². The highest BCUT2D eigenvalue weighted by atomic mass is 35.5. The van der Waals surface area contributed by atoms with Gasteiger partial charge in [-0.05, 0) is 32.0 Å². The summed E-state index contributed by atoms with van der Waals surface area (Å²) in [5.41, 5.74) is 0.550. The fourth-order valence-corrected chi connectivity index (χ4v) is 2.88. The van der Waals surface area contributed by atoms with Crippen LogP contribution in [0.1, 0.15) is 24.2 Å². The Morgan fingerprint density at radius 3 is 2.11 bits per heavy atom. The Morgan fingerprint density at radius 2 is 1.63 bits per heavy atom. The number of rotatable bonds is 1. The minimum atomic E-state index is -0.0143. The number of hydrogen-bond donors (Lipinski definition) is 1. The molecule has 0 saturated carbocycles. The van der Waals surface area contributed by atoms with Crippen molar-refractivity contribution >= 4 is 41.5 Å². The average molecular weight is 324 g/mol. The van der Waals surface area contributed by atoms with E-state index in [1.165, 1.54) is 0 Å². The van der Waals surface area contributed by atoms with Crippen LogP contribution in [0.2, 0.25) is 10.0 Å². The highest BCUT2D eigenvalue weighted by Crippen LogP contribution is 2.21. The maximum Gasteiger partial charge on any atom is 0.254 e. The summed E-state index contributed by atoms with van der Waals surface area (Å²) in [6.45, 7) is 5.54. The zero-order chi connectivity index (χ0) is 13.3. The van der Waals surface area contributed by atoms with Crippen LogP contribution in [0.3, 0.4) is 0 Å². The second-order valence-electron chi connectivity index (χ2n) is 4.84. The highest BCUT2D eigenvalue weighted by Gasteiger charge is 2.25. The van der Waals surface area contributed by atoms with Crippen LogP contribution in [0.4, 0.5) is 0 Å². The average Bonchev–Trinajstić information content (AvgIpc) is 2.25. The van der Waals surface area contributed by atoms with Gasteiger partial charge in [0.15, 0.2) is 0 Å². The topological polar surface area (TPSA) is 32.3 Å². The summed E-state index contributed by atoms with van der Waals surface area (Å²) < 4.78 is 0. The molecule has 1 heterocycles. The number of piperazine rings is 1. The predicted molar refractivity (Wildman–Crippen MR) is 81.7 cm³/mol. The molecule has 1 aliphatic heterocycles. The van der Waals surface area contributed by atoms with Crippen molar-refractivity contribution in [3.8, 4) is 0 Å². The molecule has 1 aliphatic rings. The van der Waals surface area contributed by atoms with E-state index in [1.54, 1.807) is 18.2 Å². The van der Waals surface area contributed by atoms with Gasteiger partial charge in [-0.3, -0.25) is 4.79 Å². The van der Waals surface area contributed by atoms with E-state index in [9.17, 15) is 4.79 Å². The third kappa shape index (κ3) is 4.25. The minimum absolute atomic E-state index is 0. The molecule has 0 spiro atoms. The van der Waals surface area contributed by atoms with E-state index in [0.717, 1.165) is 0 Å². The van der Waals surface area contributed by atoms with Gasteiger partial charge < -0.3 is 10.2 Å². The van der Waals surface area contributed by atoms with Crippen molar-refractivity contribution in [2.75, 3.05) is 13.1 Å². The molecule has 2 unspecified atom stereocenters. The van der Waals surface area contributed by atoms with E-state index in [0.29, 0.717) is 40.8 Å². The van der Waals surface area contributed by atoms with Crippen molar-refractivity contribution in [1.82, 2.24) is 10.2 Å². The second-order valence-corrected chi connectivity index (χ2v) is 5.71. The molecule has 0 radical (unpaired) electrons. The Labute approximate surface area is 129 Å². The summed E-state index contributed by atoms with van der Waals surface area (Å²) in [7, 11) is 0. The maximum atomic E-state index is 12.4. The van der Waals surface area contributed by atoms with Crippen LogP contribution in [-0.4, -0.2) is 36.0 Å². The van der Waals surface area contributed by atoms with Gasteiger partial charge in [-0.25, -0.2) is 0 Å². The summed E-state index contributed by atoms with van der Waals surface area (Å²) >= 11 is 11.8. The van der Waals surface area contributed by atoms with Crippen molar-refractivity contribution in [3.05, 3.63) is 33.8 Å². The highest BCUT2D eigenvalue weighted by molar-refractivity contribution is 6.35. The Kier molecular flexibility index (Phi) is 5.93. The molecule has 0 aromatic heterocycles. The van der Waals surface area contributed by atoms with Gasteiger partial charge in [-0.2, -0.15) is 0 Å². The van der Waals surface area contributed by atoms with E-state index < -0.39 is 0 Å². The molecule has 1 aromatic carbocycles. The summed E-state index contributed by atoms with van der Waals surface area (Å²) in [4.78, 5) is 14.2. The van der Waals surface area contributed by atoms with Gasteiger partial charge in [0.05, 0.1) is 0 Å². The second kappa shape index (κ2) is 6.80. The molecule has 2 atom stereocenters. The van der Waals surface area contributed by atoms with Crippen LogP contribution in [-0.2, 0) is 0 Å². The maximum absolute atomic E-state index is 12.4. The molecule has 1 N–H and O–H groups in total. The Balaban J connectivity index is 0.00000180. The van der Waals surface area contributed by atoms with Gasteiger partial charge in [0.1, 0.15) is 0 Å². The van der Waals surface area contributed by atoms with E-state index in [-0.39, 0.29) is 18.3 Å². The number of hydrogen-bond acceptors (Lipinski definition) is 2. The molecular weight excluding hydrogens is 307 g/mol. The smallest absolute Gasteiger partial charge is 0.254 e. The predicted octanol–water partition coefficient (Wildman–Crippen LogP) is 3.24. The van der Waals surface area contributed by atoms with Crippen molar-refractivity contribution < 1.29 is 4.79 Å². The van der Waals surface area contributed by atoms with Crippen molar-refractivity contribution in [2.45, 2.75) is 25.9 Å². The van der Waals surface area contributed by atoms with Crippen LogP contribution >= 0.6 is 35.6 Å². The van der Waals surface area contributed by atoms with Crippen LogP contribution in [0.5, 0.6) is 0 Å². The van der Waals surface area contributed by atoms with Crippen LogP contribution < -0.4 is 5.32 Å². The first-order valence-corrected chi connectivity index (χ1v) is 6.72. The first-order valence-electron chi connectivity index (χ1n) is 5.97. The molecule has 3 nitrogen and oxygen atoms in total. The summed E-state index contributed by atoms with van der Waals surface area (Å²) in [6, 6.07) is 5.54. The van der Waals surface area contributed by atoms with Crippen LogP contribution in [0, 0.1) is 0 Å². The molecule has 6 heteroatoms. The van der Waals surface area contributed by atoms with Crippen molar-refractivity contribution in [2.24, 2.45) is 0 Å². The third-order valence-electron chi connectivity index (χ3n) is 2.95. The molecule has 106 valence electrons. The van der Waals surface area contributed by atoms with E-state index in [4.69, 9.17) is 23.2 Å². The molecule has 19 heavy (non-hydrogen) atoms. The van der Waals surface area contributed by atoms with Gasteiger partial charge in [0.2, 0.25) is 0 Å². The van der Waals surface area contributed by atoms with Gasteiger partial charge in [0, 0.05) is 40.8 Å². The third-order valence-corrected chi connectivity index (χ3v) is 3.39. The zero-order valence-corrected chi connectivity index (χ0v) is 13.1. The Morgan fingerprint density at radius 1 is 1.16 bits per heavy atom. The lowest BCUT2D eigenvalue weighted by Crippen LogP contribution is -2.55. The number of nitrogens with one attached hydrogen (secondary N) is 1. The first-order chi connectivity index (χ1) is 8.45. The summed E-state index contributed by atoms with van der Waals surface area (Å²) in [5, 5.41) is 4.37. The molecule has 0 bridgehead atoms. The van der Waals surface area contributed by atoms with Gasteiger partial charge in [-0.15, -0.1) is 12.4 Å². The van der Waals surface area contributed by atoms with Crippen molar-refractivity contribution in [3.63, 3.8) is 0 Å². The number of carbonyl (C=O) groups is 1. The quantitative estimate of drug-likeness (QED) is 0.860.